The standard InChI is InChI=1S/C26H36ClN3O4S/c1-5-12-28-22(32)19-20-24(34)30(16(14-31)13-15(2)3)21(26(20)11-10-25(19,4)35-26)23(33)29-18-9-7-6-8-17(18)27/h6-9,15-16,19-21,31H,5,10-14H2,1-4H3,(H,28,32)(H,29,33)/t16-,19+,20+,21?,25-,26?/m1/s1. The van der Waals surface area contributed by atoms with Gasteiger partial charge < -0.3 is 20.6 Å². The minimum atomic E-state index is -0.803. The topological polar surface area (TPSA) is 98.7 Å². The lowest BCUT2D eigenvalue weighted by Crippen LogP contribution is -2.55. The van der Waals surface area contributed by atoms with E-state index in [4.69, 9.17) is 11.6 Å². The van der Waals surface area contributed by atoms with Crippen molar-refractivity contribution in [1.29, 1.82) is 0 Å². The smallest absolute Gasteiger partial charge is 0.248 e. The minimum absolute atomic E-state index is 0.113. The molecular weight excluding hydrogens is 486 g/mol. The van der Waals surface area contributed by atoms with Gasteiger partial charge in [0, 0.05) is 11.3 Å². The Morgan fingerprint density at radius 2 is 1.97 bits per heavy atom. The van der Waals surface area contributed by atoms with E-state index in [1.807, 2.05) is 20.8 Å². The van der Waals surface area contributed by atoms with Crippen molar-refractivity contribution >= 4 is 46.8 Å². The average molecular weight is 522 g/mol. The number of nitrogens with zero attached hydrogens (tertiary/aromatic N) is 1. The maximum absolute atomic E-state index is 14.1. The largest absolute Gasteiger partial charge is 0.394 e. The zero-order chi connectivity index (χ0) is 25.5. The molecule has 0 aliphatic carbocycles. The maximum atomic E-state index is 14.1. The first-order valence-electron chi connectivity index (χ1n) is 12.6. The third-order valence-corrected chi connectivity index (χ3v) is 10.1. The number of benzene rings is 1. The molecule has 6 atom stereocenters. The third kappa shape index (κ3) is 4.36. The second-order valence-electron chi connectivity index (χ2n) is 10.7. The van der Waals surface area contributed by atoms with E-state index < -0.39 is 33.4 Å². The van der Waals surface area contributed by atoms with Gasteiger partial charge in [0.25, 0.3) is 0 Å². The molecule has 3 saturated heterocycles. The molecule has 0 saturated carbocycles. The Bertz CT molecular complexity index is 1010. The zero-order valence-corrected chi connectivity index (χ0v) is 22.4. The van der Waals surface area contributed by atoms with Crippen LogP contribution >= 0.6 is 23.4 Å². The highest BCUT2D eigenvalue weighted by atomic mass is 35.5. The normalized spacial score (nSPS) is 32.1. The van der Waals surface area contributed by atoms with E-state index in [1.165, 1.54) is 0 Å². The van der Waals surface area contributed by atoms with Gasteiger partial charge in [-0.15, -0.1) is 11.8 Å². The lowest BCUT2D eigenvalue weighted by Gasteiger charge is -2.37. The fraction of sp³-hybridized carbons (Fsp3) is 0.654. The van der Waals surface area contributed by atoms with E-state index in [1.54, 1.807) is 40.9 Å². The van der Waals surface area contributed by atoms with E-state index in [-0.39, 0.29) is 30.2 Å². The number of carbonyl (C=O) groups excluding carboxylic acids is 3. The predicted molar refractivity (Wildman–Crippen MR) is 139 cm³/mol. The number of halogens is 1. The molecule has 3 heterocycles. The quantitative estimate of drug-likeness (QED) is 0.460. The predicted octanol–water partition coefficient (Wildman–Crippen LogP) is 3.69. The third-order valence-electron chi connectivity index (χ3n) is 7.77. The van der Waals surface area contributed by atoms with Crippen LogP contribution in [0.25, 0.3) is 0 Å². The molecule has 35 heavy (non-hydrogen) atoms. The molecule has 9 heteroatoms. The lowest BCUT2D eigenvalue weighted by atomic mass is 9.66. The Hall–Kier alpha value is -1.77. The number of fused-ring (bicyclic) bond motifs is 1. The van der Waals surface area contributed by atoms with Gasteiger partial charge in [0.15, 0.2) is 0 Å². The maximum Gasteiger partial charge on any atom is 0.248 e. The van der Waals surface area contributed by atoms with Gasteiger partial charge in [-0.2, -0.15) is 0 Å². The fourth-order valence-corrected chi connectivity index (χ4v) is 8.93. The molecule has 3 aliphatic heterocycles. The van der Waals surface area contributed by atoms with Crippen LogP contribution in [0.5, 0.6) is 0 Å². The van der Waals surface area contributed by atoms with Gasteiger partial charge in [0.1, 0.15) is 6.04 Å². The first-order valence-corrected chi connectivity index (χ1v) is 13.8. The second kappa shape index (κ2) is 9.94. The van der Waals surface area contributed by atoms with Crippen molar-refractivity contribution in [2.45, 2.75) is 75.0 Å². The van der Waals surface area contributed by atoms with E-state index in [2.05, 4.69) is 17.6 Å². The van der Waals surface area contributed by atoms with Crippen LogP contribution < -0.4 is 10.6 Å². The Morgan fingerprint density at radius 3 is 2.60 bits per heavy atom. The Kier molecular flexibility index (Phi) is 7.47. The van der Waals surface area contributed by atoms with Crippen LogP contribution in [0.4, 0.5) is 5.69 Å². The van der Waals surface area contributed by atoms with Gasteiger partial charge in [-0.3, -0.25) is 14.4 Å². The van der Waals surface area contributed by atoms with Crippen molar-refractivity contribution in [1.82, 2.24) is 10.2 Å². The molecule has 4 rings (SSSR count). The number of aliphatic hydroxyl groups excluding tert-OH is 1. The molecule has 3 N–H and O–H groups in total. The molecule has 1 aromatic rings. The Balaban J connectivity index is 1.77. The van der Waals surface area contributed by atoms with Crippen molar-refractivity contribution in [3.63, 3.8) is 0 Å². The summed E-state index contributed by atoms with van der Waals surface area (Å²) in [7, 11) is 0. The van der Waals surface area contributed by atoms with Crippen LogP contribution in [0.1, 0.15) is 53.4 Å². The summed E-state index contributed by atoms with van der Waals surface area (Å²) < 4.78 is -1.14. The van der Waals surface area contributed by atoms with Crippen molar-refractivity contribution < 1.29 is 19.5 Å². The molecular formula is C26H36ClN3O4S. The van der Waals surface area contributed by atoms with Crippen LogP contribution in [-0.2, 0) is 14.4 Å². The molecule has 2 unspecified atom stereocenters. The molecule has 7 nitrogen and oxygen atoms in total. The number of aliphatic hydroxyl groups is 1. The number of para-hydroxylation sites is 1. The summed E-state index contributed by atoms with van der Waals surface area (Å²) >= 11 is 7.96. The highest BCUT2D eigenvalue weighted by Crippen LogP contribution is 2.71. The van der Waals surface area contributed by atoms with Crippen molar-refractivity contribution in [3.8, 4) is 0 Å². The van der Waals surface area contributed by atoms with Crippen molar-refractivity contribution in [2.24, 2.45) is 17.8 Å². The summed E-state index contributed by atoms with van der Waals surface area (Å²) in [5.41, 5.74) is 0.483. The summed E-state index contributed by atoms with van der Waals surface area (Å²) in [6.07, 6.45) is 2.79. The van der Waals surface area contributed by atoms with E-state index in [0.29, 0.717) is 30.1 Å². The first kappa shape index (κ1) is 26.3. The van der Waals surface area contributed by atoms with Gasteiger partial charge >= 0.3 is 0 Å². The van der Waals surface area contributed by atoms with Crippen molar-refractivity contribution in [2.75, 3.05) is 18.5 Å². The number of hydrogen-bond donors (Lipinski definition) is 3. The molecule has 1 spiro atoms. The summed E-state index contributed by atoms with van der Waals surface area (Å²) in [4.78, 5) is 43.0. The summed E-state index contributed by atoms with van der Waals surface area (Å²) in [5, 5.41) is 16.7. The summed E-state index contributed by atoms with van der Waals surface area (Å²) in [6, 6.07) is 5.71. The van der Waals surface area contributed by atoms with Crippen LogP contribution in [0.15, 0.2) is 24.3 Å². The SMILES string of the molecule is CCCNC(=O)[C@@H]1[C@H]2C(=O)N([C@@H](CO)CC(C)C)C(C(=O)Nc3ccccc3Cl)C23CC[C@@]1(C)S3. The minimum Gasteiger partial charge on any atom is -0.394 e. The Morgan fingerprint density at radius 1 is 1.26 bits per heavy atom. The van der Waals surface area contributed by atoms with Gasteiger partial charge in [-0.25, -0.2) is 0 Å². The van der Waals surface area contributed by atoms with Gasteiger partial charge in [0.2, 0.25) is 17.7 Å². The number of thioether (sulfide) groups is 1. The van der Waals surface area contributed by atoms with Gasteiger partial charge in [-0.05, 0) is 50.7 Å². The van der Waals surface area contributed by atoms with E-state index in [0.717, 1.165) is 12.8 Å². The zero-order valence-electron chi connectivity index (χ0n) is 20.8. The summed E-state index contributed by atoms with van der Waals surface area (Å²) in [5.74, 6) is -1.53. The molecule has 3 fully saturated rings. The number of nitrogens with one attached hydrogen (secondary N) is 2. The number of anilines is 1. The number of rotatable bonds is 9. The van der Waals surface area contributed by atoms with Crippen LogP contribution in [0.3, 0.4) is 0 Å². The highest BCUT2D eigenvalue weighted by Gasteiger charge is 2.77. The first-order chi connectivity index (χ1) is 16.6. The average Bonchev–Trinajstić information content (AvgIpc) is 3.38. The molecule has 192 valence electrons. The number of amides is 3. The lowest BCUT2D eigenvalue weighted by molar-refractivity contribution is -0.143. The van der Waals surface area contributed by atoms with Gasteiger partial charge in [-0.1, -0.05) is 44.5 Å². The number of hydrogen-bond acceptors (Lipinski definition) is 5. The molecule has 3 amide bonds. The molecule has 0 radical (unpaired) electrons. The summed E-state index contributed by atoms with van der Waals surface area (Å²) in [6.45, 7) is 8.43. The Labute approximate surface area is 216 Å². The molecule has 0 aromatic heterocycles. The molecule has 1 aromatic carbocycles. The number of carbonyl (C=O) groups is 3. The highest BCUT2D eigenvalue weighted by molar-refractivity contribution is 8.02. The van der Waals surface area contributed by atoms with Crippen molar-refractivity contribution in [3.05, 3.63) is 29.3 Å². The van der Waals surface area contributed by atoms with Crippen LogP contribution in [0, 0.1) is 17.8 Å². The van der Waals surface area contributed by atoms with Crippen LogP contribution in [0.2, 0.25) is 5.02 Å². The van der Waals surface area contributed by atoms with Crippen LogP contribution in [-0.4, -0.2) is 62.5 Å². The fourth-order valence-electron chi connectivity index (χ4n) is 6.40. The number of likely N-dealkylation sites (tertiary alicyclic amines) is 1. The monoisotopic (exact) mass is 521 g/mol. The van der Waals surface area contributed by atoms with Gasteiger partial charge in [0.05, 0.1) is 39.9 Å². The molecule has 3 aliphatic rings. The van der Waals surface area contributed by atoms with E-state index >= 15 is 0 Å². The molecule has 2 bridgehead atoms. The van der Waals surface area contributed by atoms with E-state index in [9.17, 15) is 19.5 Å². The second-order valence-corrected chi connectivity index (χ2v) is 13.0.